The summed E-state index contributed by atoms with van der Waals surface area (Å²) in [7, 11) is 0. The second kappa shape index (κ2) is 2.46. The predicted octanol–water partition coefficient (Wildman–Crippen LogP) is -0.898. The highest BCUT2D eigenvalue weighted by Crippen LogP contribution is 2.14. The topological polar surface area (TPSA) is 70.7 Å². The minimum atomic E-state index is -0.466. The third-order valence-corrected chi connectivity index (χ3v) is 1.68. The number of carbonyl (C=O) groups excluding carboxylic acids is 1. The summed E-state index contributed by atoms with van der Waals surface area (Å²) in [5.74, 6) is 0.339. The molecule has 2 rings (SSSR count). The molecule has 0 aromatic rings. The molecule has 0 bridgehead atoms. The number of rotatable bonds is 1. The highest BCUT2D eigenvalue weighted by atomic mass is 16.1. The van der Waals surface area contributed by atoms with Crippen molar-refractivity contribution in [2.45, 2.75) is 0 Å². The van der Waals surface area contributed by atoms with E-state index < -0.39 is 5.91 Å². The summed E-state index contributed by atoms with van der Waals surface area (Å²) in [6.07, 6.45) is 5.02. The zero-order chi connectivity index (χ0) is 8.55. The van der Waals surface area contributed by atoms with E-state index in [-0.39, 0.29) is 0 Å². The Balaban J connectivity index is 2.28. The Morgan fingerprint density at radius 1 is 1.75 bits per heavy atom. The fourth-order valence-electron chi connectivity index (χ4n) is 1.08. The van der Waals surface area contributed by atoms with Crippen LogP contribution in [0.25, 0.3) is 0 Å². The first-order chi connectivity index (χ1) is 5.77. The molecule has 0 saturated heterocycles. The van der Waals surface area contributed by atoms with Crippen LogP contribution in [0.1, 0.15) is 0 Å². The van der Waals surface area contributed by atoms with Crippen molar-refractivity contribution in [3.05, 3.63) is 23.7 Å². The molecule has 5 heteroatoms. The molecule has 0 radical (unpaired) electrons. The number of primary amides is 1. The lowest BCUT2D eigenvalue weighted by Gasteiger charge is -2.18. The molecule has 62 valence electrons. The van der Waals surface area contributed by atoms with Crippen LogP contribution in [-0.4, -0.2) is 23.7 Å². The quantitative estimate of drug-likeness (QED) is 0.527. The van der Waals surface area contributed by atoms with Gasteiger partial charge in [-0.2, -0.15) is 0 Å². The number of hydrogen-bond acceptors (Lipinski definition) is 4. The van der Waals surface area contributed by atoms with Gasteiger partial charge in [0.05, 0.1) is 5.57 Å². The predicted molar refractivity (Wildman–Crippen MR) is 43.7 cm³/mol. The summed E-state index contributed by atoms with van der Waals surface area (Å²) < 4.78 is 0. The van der Waals surface area contributed by atoms with Gasteiger partial charge in [-0.15, -0.1) is 0 Å². The van der Waals surface area contributed by atoms with Gasteiger partial charge in [0.15, 0.2) is 0 Å². The standard InChI is InChI=1S/C7H8N4O/c8-7(12)5-3-9-6-1-2-10-11(6)4-5/h1,3-4,10H,2H2,(H2,8,12). The summed E-state index contributed by atoms with van der Waals surface area (Å²) in [4.78, 5) is 14.8. The summed E-state index contributed by atoms with van der Waals surface area (Å²) in [5, 5.41) is 1.68. The van der Waals surface area contributed by atoms with Crippen molar-refractivity contribution in [3.8, 4) is 0 Å². The van der Waals surface area contributed by atoms with Crippen molar-refractivity contribution in [2.24, 2.45) is 10.7 Å². The van der Waals surface area contributed by atoms with E-state index in [2.05, 4.69) is 10.4 Å². The van der Waals surface area contributed by atoms with Crippen molar-refractivity contribution in [3.63, 3.8) is 0 Å². The van der Waals surface area contributed by atoms with Crippen LogP contribution in [0.15, 0.2) is 28.7 Å². The summed E-state index contributed by atoms with van der Waals surface area (Å²) in [6.45, 7) is 0.731. The lowest BCUT2D eigenvalue weighted by Crippen LogP contribution is -2.30. The van der Waals surface area contributed by atoms with Crippen LogP contribution < -0.4 is 11.2 Å². The van der Waals surface area contributed by atoms with Gasteiger partial charge in [-0.1, -0.05) is 0 Å². The van der Waals surface area contributed by atoms with Gasteiger partial charge in [0.25, 0.3) is 5.91 Å². The molecule has 12 heavy (non-hydrogen) atoms. The molecular weight excluding hydrogens is 156 g/mol. The molecule has 0 saturated carbocycles. The van der Waals surface area contributed by atoms with Crippen molar-refractivity contribution in [2.75, 3.05) is 6.54 Å². The maximum Gasteiger partial charge on any atom is 0.251 e. The Bertz CT molecular complexity index is 315. The van der Waals surface area contributed by atoms with Gasteiger partial charge in [0.2, 0.25) is 0 Å². The van der Waals surface area contributed by atoms with Gasteiger partial charge in [-0.05, 0) is 6.08 Å². The van der Waals surface area contributed by atoms with E-state index in [0.29, 0.717) is 5.57 Å². The van der Waals surface area contributed by atoms with Crippen LogP contribution in [0.2, 0.25) is 0 Å². The molecule has 2 aliphatic rings. The molecular formula is C7H8N4O. The van der Waals surface area contributed by atoms with E-state index in [4.69, 9.17) is 5.73 Å². The number of hydrogen-bond donors (Lipinski definition) is 2. The fourth-order valence-corrected chi connectivity index (χ4v) is 1.08. The summed E-state index contributed by atoms with van der Waals surface area (Å²) >= 11 is 0. The van der Waals surface area contributed by atoms with Crippen molar-refractivity contribution < 1.29 is 4.79 Å². The Morgan fingerprint density at radius 3 is 3.33 bits per heavy atom. The number of amides is 1. The first-order valence-electron chi connectivity index (χ1n) is 3.56. The van der Waals surface area contributed by atoms with Crippen molar-refractivity contribution in [1.29, 1.82) is 0 Å². The smallest absolute Gasteiger partial charge is 0.251 e. The highest BCUT2D eigenvalue weighted by molar-refractivity contribution is 6.11. The number of nitrogens with one attached hydrogen (secondary N) is 1. The van der Waals surface area contributed by atoms with E-state index in [0.717, 1.165) is 12.4 Å². The second-order valence-corrected chi connectivity index (χ2v) is 2.50. The van der Waals surface area contributed by atoms with E-state index in [1.807, 2.05) is 6.08 Å². The molecule has 0 unspecified atom stereocenters. The monoisotopic (exact) mass is 164 g/mol. The molecule has 0 spiro atoms. The van der Waals surface area contributed by atoms with Gasteiger partial charge in [-0.25, -0.2) is 10.4 Å². The van der Waals surface area contributed by atoms with Gasteiger partial charge in [0, 0.05) is 19.0 Å². The van der Waals surface area contributed by atoms with Crippen LogP contribution in [0.4, 0.5) is 0 Å². The van der Waals surface area contributed by atoms with E-state index in [1.54, 1.807) is 11.2 Å². The molecule has 0 aromatic carbocycles. The Morgan fingerprint density at radius 2 is 2.58 bits per heavy atom. The first kappa shape index (κ1) is 7.05. The fraction of sp³-hybridized carbons (Fsp3) is 0.143. The number of aliphatic imine (C=N–C) groups is 1. The van der Waals surface area contributed by atoms with E-state index >= 15 is 0 Å². The summed E-state index contributed by atoms with van der Waals surface area (Å²) in [5.41, 5.74) is 8.47. The minimum Gasteiger partial charge on any atom is -0.366 e. The van der Waals surface area contributed by atoms with Crippen LogP contribution in [0.5, 0.6) is 0 Å². The maximum absolute atomic E-state index is 10.7. The first-order valence-corrected chi connectivity index (χ1v) is 3.56. The number of nitrogens with two attached hydrogens (primary N) is 1. The second-order valence-electron chi connectivity index (χ2n) is 2.50. The van der Waals surface area contributed by atoms with E-state index in [1.165, 1.54) is 6.21 Å². The van der Waals surface area contributed by atoms with Crippen LogP contribution in [0.3, 0.4) is 0 Å². The zero-order valence-corrected chi connectivity index (χ0v) is 6.32. The lowest BCUT2D eigenvalue weighted by atomic mass is 10.3. The number of nitrogens with zero attached hydrogens (tertiary/aromatic N) is 2. The van der Waals surface area contributed by atoms with Crippen molar-refractivity contribution >= 4 is 12.1 Å². The average Bonchev–Trinajstić information content (AvgIpc) is 2.49. The molecule has 3 N–H and O–H groups in total. The molecule has 0 aliphatic carbocycles. The molecule has 2 heterocycles. The third-order valence-electron chi connectivity index (χ3n) is 1.68. The van der Waals surface area contributed by atoms with Crippen LogP contribution in [-0.2, 0) is 4.79 Å². The Hall–Kier alpha value is -1.62. The number of hydrazine groups is 1. The van der Waals surface area contributed by atoms with Gasteiger partial charge < -0.3 is 5.73 Å². The maximum atomic E-state index is 10.7. The van der Waals surface area contributed by atoms with E-state index in [9.17, 15) is 4.79 Å². The van der Waals surface area contributed by atoms with Crippen LogP contribution >= 0.6 is 0 Å². The van der Waals surface area contributed by atoms with Gasteiger partial charge in [-0.3, -0.25) is 9.80 Å². The lowest BCUT2D eigenvalue weighted by molar-refractivity contribution is -0.114. The molecule has 5 nitrogen and oxygen atoms in total. The molecule has 0 aromatic heterocycles. The number of carbonyl (C=O) groups is 1. The molecule has 2 aliphatic heterocycles. The highest BCUT2D eigenvalue weighted by Gasteiger charge is 2.17. The Labute approximate surface area is 69.2 Å². The SMILES string of the molecule is NC(=O)C1=CN2NCC=C2N=C1. The van der Waals surface area contributed by atoms with Gasteiger partial charge in [0.1, 0.15) is 5.82 Å². The zero-order valence-electron chi connectivity index (χ0n) is 6.32. The molecule has 0 atom stereocenters. The normalized spacial score (nSPS) is 20.2. The van der Waals surface area contributed by atoms with Gasteiger partial charge >= 0.3 is 0 Å². The largest absolute Gasteiger partial charge is 0.366 e. The third kappa shape index (κ3) is 0.998. The molecule has 0 fully saturated rings. The summed E-state index contributed by atoms with van der Waals surface area (Å²) in [6, 6.07) is 0. The van der Waals surface area contributed by atoms with Crippen molar-refractivity contribution in [1.82, 2.24) is 10.4 Å². The van der Waals surface area contributed by atoms with Crippen LogP contribution in [0, 0.1) is 0 Å². The number of fused-ring (bicyclic) bond motifs is 1. The molecule has 1 amide bonds. The Kier molecular flexibility index (Phi) is 1.44. The average molecular weight is 164 g/mol. The minimum absolute atomic E-state index is 0.404.